The van der Waals surface area contributed by atoms with Gasteiger partial charge in [-0.2, -0.15) is 0 Å². The molecule has 0 aliphatic carbocycles. The largest absolute Gasteiger partial charge is 0.399 e. The van der Waals surface area contributed by atoms with Crippen LogP contribution in [0.5, 0.6) is 0 Å². The average molecular weight is 295 g/mol. The van der Waals surface area contributed by atoms with Crippen LogP contribution in [0.4, 0.5) is 11.4 Å². The summed E-state index contributed by atoms with van der Waals surface area (Å²) in [5.41, 5.74) is 8.21. The summed E-state index contributed by atoms with van der Waals surface area (Å²) in [6, 6.07) is 9.98. The molecule has 98 valence electrons. The van der Waals surface area contributed by atoms with E-state index >= 15 is 0 Å². The average Bonchev–Trinajstić information content (AvgIpc) is 2.37. The predicted molar refractivity (Wildman–Crippen MR) is 80.0 cm³/mol. The molecule has 19 heavy (non-hydrogen) atoms. The molecular formula is C14H12Cl2N2O. The summed E-state index contributed by atoms with van der Waals surface area (Å²) in [5, 5.41) is 3.66. The van der Waals surface area contributed by atoms with Gasteiger partial charge in [0.05, 0.1) is 10.7 Å². The summed E-state index contributed by atoms with van der Waals surface area (Å²) in [6.45, 7) is 1.85. The monoisotopic (exact) mass is 294 g/mol. The Bertz CT molecular complexity index is 641. The molecule has 0 atom stereocenters. The van der Waals surface area contributed by atoms with Gasteiger partial charge in [-0.25, -0.2) is 0 Å². The van der Waals surface area contributed by atoms with Crippen molar-refractivity contribution in [1.29, 1.82) is 0 Å². The first-order valence-corrected chi connectivity index (χ1v) is 6.35. The second-order valence-electron chi connectivity index (χ2n) is 4.15. The number of nitrogens with two attached hydrogens (primary N) is 1. The number of carbonyl (C=O) groups is 1. The first-order valence-electron chi connectivity index (χ1n) is 5.60. The maximum absolute atomic E-state index is 12.1. The van der Waals surface area contributed by atoms with Crippen molar-refractivity contribution in [3.8, 4) is 0 Å². The minimum absolute atomic E-state index is 0.257. The molecule has 0 unspecified atom stereocenters. The number of hydrogen-bond acceptors (Lipinski definition) is 2. The predicted octanol–water partition coefficient (Wildman–Crippen LogP) is 4.14. The van der Waals surface area contributed by atoms with E-state index in [1.807, 2.05) is 6.92 Å². The maximum atomic E-state index is 12.1. The van der Waals surface area contributed by atoms with Crippen LogP contribution in [-0.4, -0.2) is 5.91 Å². The van der Waals surface area contributed by atoms with Crippen LogP contribution in [0.2, 0.25) is 10.0 Å². The SMILES string of the molecule is Cc1cc(C(=O)Nc2cc(Cl)ccc2Cl)ccc1N. The second kappa shape index (κ2) is 5.51. The summed E-state index contributed by atoms with van der Waals surface area (Å²) < 4.78 is 0. The van der Waals surface area contributed by atoms with Crippen molar-refractivity contribution in [1.82, 2.24) is 0 Å². The minimum Gasteiger partial charge on any atom is -0.399 e. The zero-order chi connectivity index (χ0) is 14.0. The zero-order valence-electron chi connectivity index (χ0n) is 10.2. The first kappa shape index (κ1) is 13.7. The number of nitrogens with one attached hydrogen (secondary N) is 1. The van der Waals surface area contributed by atoms with Gasteiger partial charge in [0.15, 0.2) is 0 Å². The van der Waals surface area contributed by atoms with Gasteiger partial charge in [0.2, 0.25) is 0 Å². The topological polar surface area (TPSA) is 55.1 Å². The normalized spacial score (nSPS) is 10.3. The Hall–Kier alpha value is -1.71. The molecular weight excluding hydrogens is 283 g/mol. The molecule has 1 amide bonds. The summed E-state index contributed by atoms with van der Waals surface area (Å²) in [7, 11) is 0. The molecule has 0 saturated heterocycles. The van der Waals surface area contributed by atoms with E-state index < -0.39 is 0 Å². The number of anilines is 2. The minimum atomic E-state index is -0.257. The fourth-order valence-electron chi connectivity index (χ4n) is 1.60. The number of halogens is 2. The Morgan fingerprint density at radius 2 is 1.89 bits per heavy atom. The van der Waals surface area contributed by atoms with Crippen LogP contribution in [0.1, 0.15) is 15.9 Å². The molecule has 0 heterocycles. The number of nitrogen functional groups attached to an aromatic ring is 1. The van der Waals surface area contributed by atoms with Crippen molar-refractivity contribution >= 4 is 40.5 Å². The second-order valence-corrected chi connectivity index (χ2v) is 4.99. The summed E-state index contributed by atoms with van der Waals surface area (Å²) in [5.74, 6) is -0.257. The third-order valence-electron chi connectivity index (χ3n) is 2.71. The van der Waals surface area contributed by atoms with Gasteiger partial charge in [-0.05, 0) is 48.9 Å². The number of rotatable bonds is 2. The number of carbonyl (C=O) groups excluding carboxylic acids is 1. The first-order chi connectivity index (χ1) is 8.97. The third-order valence-corrected chi connectivity index (χ3v) is 3.27. The number of amides is 1. The van der Waals surface area contributed by atoms with E-state index in [-0.39, 0.29) is 5.91 Å². The fraction of sp³-hybridized carbons (Fsp3) is 0.0714. The fourth-order valence-corrected chi connectivity index (χ4v) is 1.94. The number of benzene rings is 2. The highest BCUT2D eigenvalue weighted by Gasteiger charge is 2.09. The number of aryl methyl sites for hydroxylation is 1. The standard InChI is InChI=1S/C14H12Cl2N2O/c1-8-6-9(2-5-12(8)17)14(19)18-13-7-10(15)3-4-11(13)16/h2-7H,17H2,1H3,(H,18,19). The highest BCUT2D eigenvalue weighted by Crippen LogP contribution is 2.26. The van der Waals surface area contributed by atoms with E-state index in [9.17, 15) is 4.79 Å². The Morgan fingerprint density at radius 3 is 2.58 bits per heavy atom. The van der Waals surface area contributed by atoms with Crippen LogP contribution in [0.25, 0.3) is 0 Å². The van der Waals surface area contributed by atoms with Gasteiger partial charge >= 0.3 is 0 Å². The molecule has 0 spiro atoms. The molecule has 0 radical (unpaired) electrons. The van der Waals surface area contributed by atoms with Crippen molar-refractivity contribution < 1.29 is 4.79 Å². The van der Waals surface area contributed by atoms with Crippen LogP contribution < -0.4 is 11.1 Å². The molecule has 0 bridgehead atoms. The van der Waals surface area contributed by atoms with Crippen molar-refractivity contribution in [3.05, 3.63) is 57.6 Å². The van der Waals surface area contributed by atoms with Crippen LogP contribution in [-0.2, 0) is 0 Å². The lowest BCUT2D eigenvalue weighted by Gasteiger charge is -2.09. The van der Waals surface area contributed by atoms with E-state index in [4.69, 9.17) is 28.9 Å². The van der Waals surface area contributed by atoms with Crippen LogP contribution in [0.15, 0.2) is 36.4 Å². The molecule has 2 aromatic rings. The van der Waals surface area contributed by atoms with Gasteiger partial charge in [0, 0.05) is 16.3 Å². The molecule has 3 N–H and O–H groups in total. The maximum Gasteiger partial charge on any atom is 0.255 e. The number of hydrogen-bond donors (Lipinski definition) is 2. The highest BCUT2D eigenvalue weighted by molar-refractivity contribution is 6.35. The van der Waals surface area contributed by atoms with Gasteiger partial charge in [0.25, 0.3) is 5.91 Å². The lowest BCUT2D eigenvalue weighted by Crippen LogP contribution is -2.12. The van der Waals surface area contributed by atoms with Crippen molar-refractivity contribution in [2.24, 2.45) is 0 Å². The van der Waals surface area contributed by atoms with Gasteiger partial charge in [-0.3, -0.25) is 4.79 Å². The molecule has 2 rings (SSSR count). The summed E-state index contributed by atoms with van der Waals surface area (Å²) >= 11 is 11.9. The molecule has 3 nitrogen and oxygen atoms in total. The smallest absolute Gasteiger partial charge is 0.255 e. The van der Waals surface area contributed by atoms with Crippen LogP contribution in [0.3, 0.4) is 0 Å². The van der Waals surface area contributed by atoms with Gasteiger partial charge in [-0.1, -0.05) is 23.2 Å². The lowest BCUT2D eigenvalue weighted by atomic mass is 10.1. The zero-order valence-corrected chi connectivity index (χ0v) is 11.7. The van der Waals surface area contributed by atoms with Gasteiger partial charge in [-0.15, -0.1) is 0 Å². The quantitative estimate of drug-likeness (QED) is 0.818. The molecule has 0 aromatic heterocycles. The summed E-state index contributed by atoms with van der Waals surface area (Å²) in [6.07, 6.45) is 0. The molecule has 2 aromatic carbocycles. The lowest BCUT2D eigenvalue weighted by molar-refractivity contribution is 0.102. The summed E-state index contributed by atoms with van der Waals surface area (Å²) in [4.78, 5) is 12.1. The Kier molecular flexibility index (Phi) is 3.98. The Morgan fingerprint density at radius 1 is 1.16 bits per heavy atom. The van der Waals surface area contributed by atoms with E-state index in [0.717, 1.165) is 5.56 Å². The van der Waals surface area contributed by atoms with Crippen LogP contribution >= 0.6 is 23.2 Å². The van der Waals surface area contributed by atoms with Crippen molar-refractivity contribution in [3.63, 3.8) is 0 Å². The highest BCUT2D eigenvalue weighted by atomic mass is 35.5. The van der Waals surface area contributed by atoms with Crippen LogP contribution in [0, 0.1) is 6.92 Å². The van der Waals surface area contributed by atoms with E-state index in [0.29, 0.717) is 27.0 Å². The Balaban J connectivity index is 2.25. The van der Waals surface area contributed by atoms with E-state index in [1.165, 1.54) is 0 Å². The van der Waals surface area contributed by atoms with E-state index in [1.54, 1.807) is 36.4 Å². The van der Waals surface area contributed by atoms with Crippen molar-refractivity contribution in [2.75, 3.05) is 11.1 Å². The van der Waals surface area contributed by atoms with Gasteiger partial charge < -0.3 is 11.1 Å². The van der Waals surface area contributed by atoms with Crippen molar-refractivity contribution in [2.45, 2.75) is 6.92 Å². The van der Waals surface area contributed by atoms with Gasteiger partial charge in [0.1, 0.15) is 0 Å². The Labute approximate surface area is 121 Å². The third kappa shape index (κ3) is 3.19. The molecule has 5 heteroatoms. The molecule has 0 saturated carbocycles. The molecule has 0 fully saturated rings. The molecule has 0 aliphatic rings. The molecule has 0 aliphatic heterocycles. The van der Waals surface area contributed by atoms with E-state index in [2.05, 4.69) is 5.32 Å².